The lowest BCUT2D eigenvalue weighted by molar-refractivity contribution is 0.0741. The van der Waals surface area contributed by atoms with Gasteiger partial charge in [-0.2, -0.15) is 0 Å². The first-order chi connectivity index (χ1) is 9.13. The summed E-state index contributed by atoms with van der Waals surface area (Å²) in [5, 5.41) is 0.487. The van der Waals surface area contributed by atoms with Gasteiger partial charge in [-0.25, -0.2) is 4.39 Å². The van der Waals surface area contributed by atoms with Gasteiger partial charge in [-0.05, 0) is 49.4 Å². The third-order valence-electron chi connectivity index (χ3n) is 4.83. The van der Waals surface area contributed by atoms with Crippen LogP contribution in [0, 0.1) is 5.82 Å². The van der Waals surface area contributed by atoms with E-state index in [1.165, 1.54) is 18.9 Å². The molecular weight excluding hydrogens is 265 g/mol. The molecule has 3 fully saturated rings. The molecule has 2 nitrogen and oxygen atoms in total. The van der Waals surface area contributed by atoms with Gasteiger partial charge in [-0.1, -0.05) is 11.6 Å². The van der Waals surface area contributed by atoms with E-state index in [0.717, 1.165) is 31.6 Å². The minimum Gasteiger partial charge on any atom is -0.369 e. The van der Waals surface area contributed by atoms with Crippen molar-refractivity contribution in [2.45, 2.75) is 49.9 Å². The van der Waals surface area contributed by atoms with Crippen molar-refractivity contribution in [2.75, 3.05) is 6.61 Å². The van der Waals surface area contributed by atoms with Gasteiger partial charge in [0.25, 0.3) is 0 Å². The second-order valence-electron chi connectivity index (χ2n) is 6.21. The Bertz CT molecular complexity index is 481. The van der Waals surface area contributed by atoms with Crippen LogP contribution in [0.5, 0.6) is 0 Å². The van der Waals surface area contributed by atoms with Gasteiger partial charge >= 0.3 is 0 Å². The summed E-state index contributed by atoms with van der Waals surface area (Å²) >= 11 is 5.93. The number of ether oxygens (including phenoxy) is 1. The predicted octanol–water partition coefficient (Wildman–Crippen LogP) is 3.37. The number of benzene rings is 1. The molecule has 0 amide bonds. The van der Waals surface area contributed by atoms with E-state index in [2.05, 4.69) is 4.90 Å². The summed E-state index contributed by atoms with van der Waals surface area (Å²) in [6.45, 7) is 1.75. The number of nitrogens with zero attached hydrogens (tertiary/aromatic N) is 1. The highest BCUT2D eigenvalue weighted by atomic mass is 35.5. The minimum atomic E-state index is -0.242. The molecule has 1 aromatic rings. The van der Waals surface area contributed by atoms with Crippen LogP contribution in [0.2, 0.25) is 5.02 Å². The zero-order chi connectivity index (χ0) is 13.0. The van der Waals surface area contributed by atoms with Gasteiger partial charge in [0.1, 0.15) is 5.82 Å². The number of hydrogen-bond acceptors (Lipinski definition) is 2. The highest BCUT2D eigenvalue weighted by molar-refractivity contribution is 6.30. The first-order valence-corrected chi connectivity index (χ1v) is 7.36. The Morgan fingerprint density at radius 3 is 2.53 bits per heavy atom. The fraction of sp³-hybridized carbons (Fsp3) is 0.600. The molecule has 0 saturated carbocycles. The maximum absolute atomic E-state index is 13.4. The monoisotopic (exact) mass is 281 g/mol. The van der Waals surface area contributed by atoms with E-state index in [9.17, 15) is 4.39 Å². The molecule has 1 spiro atoms. The Balaban J connectivity index is 1.54. The molecule has 4 rings (SSSR count). The molecule has 2 atom stereocenters. The summed E-state index contributed by atoms with van der Waals surface area (Å²) in [7, 11) is 0. The molecule has 0 aliphatic carbocycles. The van der Waals surface area contributed by atoms with Crippen LogP contribution in [-0.4, -0.2) is 29.2 Å². The average Bonchev–Trinajstić information content (AvgIpc) is 3.04. The van der Waals surface area contributed by atoms with Gasteiger partial charge in [0.2, 0.25) is 0 Å². The van der Waals surface area contributed by atoms with E-state index >= 15 is 0 Å². The largest absolute Gasteiger partial charge is 0.369 e. The number of fused-ring (bicyclic) bond motifs is 2. The van der Waals surface area contributed by atoms with Gasteiger partial charge in [0.15, 0.2) is 0 Å². The molecule has 1 aromatic carbocycles. The van der Waals surface area contributed by atoms with E-state index in [0.29, 0.717) is 17.1 Å². The van der Waals surface area contributed by atoms with Crippen LogP contribution >= 0.6 is 11.6 Å². The van der Waals surface area contributed by atoms with E-state index in [-0.39, 0.29) is 11.4 Å². The standard InChI is InChI=1S/C15H17ClFNO/c16-11-3-10(4-12(17)5-11)8-18-13-1-2-14(18)7-15(6-13)9-19-15/h3-5,13-14H,1-2,6-9H2/t13-,14-/m0/s1. The Morgan fingerprint density at radius 1 is 1.26 bits per heavy atom. The Labute approximate surface area is 117 Å². The van der Waals surface area contributed by atoms with E-state index in [1.54, 1.807) is 6.07 Å². The minimum absolute atomic E-state index is 0.210. The van der Waals surface area contributed by atoms with Crippen LogP contribution in [-0.2, 0) is 11.3 Å². The smallest absolute Gasteiger partial charge is 0.125 e. The van der Waals surface area contributed by atoms with Gasteiger partial charge in [0, 0.05) is 23.7 Å². The Morgan fingerprint density at radius 2 is 1.95 bits per heavy atom. The number of rotatable bonds is 2. The highest BCUT2D eigenvalue weighted by Gasteiger charge is 2.55. The molecule has 0 aromatic heterocycles. The van der Waals surface area contributed by atoms with Crippen molar-refractivity contribution in [2.24, 2.45) is 0 Å². The van der Waals surface area contributed by atoms with Gasteiger partial charge in [0.05, 0.1) is 12.2 Å². The molecule has 102 valence electrons. The second-order valence-corrected chi connectivity index (χ2v) is 6.65. The van der Waals surface area contributed by atoms with Crippen LogP contribution < -0.4 is 0 Å². The molecule has 0 N–H and O–H groups in total. The molecule has 3 aliphatic rings. The average molecular weight is 282 g/mol. The lowest BCUT2D eigenvalue weighted by atomic mass is 9.91. The molecule has 3 heterocycles. The van der Waals surface area contributed by atoms with Crippen LogP contribution in [0.4, 0.5) is 4.39 Å². The zero-order valence-electron chi connectivity index (χ0n) is 10.7. The maximum Gasteiger partial charge on any atom is 0.125 e. The van der Waals surface area contributed by atoms with Crippen molar-refractivity contribution < 1.29 is 9.13 Å². The fourth-order valence-electron chi connectivity index (χ4n) is 3.90. The van der Waals surface area contributed by atoms with Gasteiger partial charge in [-0.3, -0.25) is 4.90 Å². The Kier molecular flexibility index (Phi) is 2.66. The predicted molar refractivity (Wildman–Crippen MR) is 71.7 cm³/mol. The van der Waals surface area contributed by atoms with E-state index in [4.69, 9.17) is 16.3 Å². The summed E-state index contributed by atoms with van der Waals surface area (Å²) in [5.74, 6) is -0.242. The first kappa shape index (κ1) is 12.1. The highest BCUT2D eigenvalue weighted by Crippen LogP contribution is 2.49. The van der Waals surface area contributed by atoms with E-state index in [1.807, 2.05) is 6.07 Å². The lowest BCUT2D eigenvalue weighted by Crippen LogP contribution is -2.45. The SMILES string of the molecule is Fc1cc(Cl)cc(CN2[C@H]3CC[C@H]2CC2(CO2)C3)c1. The zero-order valence-corrected chi connectivity index (χ0v) is 11.5. The quantitative estimate of drug-likeness (QED) is 0.773. The molecule has 0 unspecified atom stereocenters. The Hall–Kier alpha value is -0.640. The summed E-state index contributed by atoms with van der Waals surface area (Å²) in [5.41, 5.74) is 1.19. The van der Waals surface area contributed by atoms with Gasteiger partial charge < -0.3 is 4.74 Å². The van der Waals surface area contributed by atoms with Crippen molar-refractivity contribution >= 4 is 11.6 Å². The number of epoxide rings is 1. The van der Waals surface area contributed by atoms with Crippen molar-refractivity contribution in [3.63, 3.8) is 0 Å². The molecular formula is C15H17ClFNO. The van der Waals surface area contributed by atoms with E-state index < -0.39 is 0 Å². The topological polar surface area (TPSA) is 15.8 Å². The first-order valence-electron chi connectivity index (χ1n) is 6.98. The molecule has 0 radical (unpaired) electrons. The van der Waals surface area contributed by atoms with Crippen molar-refractivity contribution in [1.82, 2.24) is 4.90 Å². The molecule has 3 aliphatic heterocycles. The summed E-state index contributed by atoms with van der Waals surface area (Å²) in [6.07, 6.45) is 4.79. The summed E-state index contributed by atoms with van der Waals surface area (Å²) < 4.78 is 19.0. The molecule has 19 heavy (non-hydrogen) atoms. The van der Waals surface area contributed by atoms with Crippen molar-refractivity contribution in [3.8, 4) is 0 Å². The molecule has 3 saturated heterocycles. The van der Waals surface area contributed by atoms with Crippen LogP contribution in [0.25, 0.3) is 0 Å². The second kappa shape index (κ2) is 4.18. The fourth-order valence-corrected chi connectivity index (χ4v) is 4.15. The maximum atomic E-state index is 13.4. The number of piperidine rings is 1. The van der Waals surface area contributed by atoms with Gasteiger partial charge in [-0.15, -0.1) is 0 Å². The van der Waals surface area contributed by atoms with Crippen molar-refractivity contribution in [3.05, 3.63) is 34.6 Å². The van der Waals surface area contributed by atoms with Crippen LogP contribution in [0.1, 0.15) is 31.2 Å². The molecule has 2 bridgehead atoms. The normalized spacial score (nSPS) is 36.9. The van der Waals surface area contributed by atoms with Crippen LogP contribution in [0.3, 0.4) is 0 Å². The summed E-state index contributed by atoms with van der Waals surface area (Å²) in [4.78, 5) is 2.53. The lowest BCUT2D eigenvalue weighted by Gasteiger charge is -2.37. The van der Waals surface area contributed by atoms with Crippen molar-refractivity contribution in [1.29, 1.82) is 0 Å². The van der Waals surface area contributed by atoms with Crippen LogP contribution in [0.15, 0.2) is 18.2 Å². The molecule has 4 heteroatoms. The third kappa shape index (κ3) is 2.18. The number of hydrogen-bond donors (Lipinski definition) is 0. The summed E-state index contributed by atoms with van der Waals surface area (Å²) in [6, 6.07) is 6.04. The number of halogens is 2. The third-order valence-corrected chi connectivity index (χ3v) is 5.04.